The highest BCUT2D eigenvalue weighted by molar-refractivity contribution is 7.90. The summed E-state index contributed by atoms with van der Waals surface area (Å²) in [5.41, 5.74) is 4.32. The molecule has 0 aliphatic rings. The van der Waals surface area contributed by atoms with E-state index in [0.717, 1.165) is 27.5 Å². The molecule has 1 heterocycles. The fourth-order valence-corrected chi connectivity index (χ4v) is 4.36. The zero-order chi connectivity index (χ0) is 29.4. The number of benzene rings is 2. The number of likely N-dealkylation sites (N-methyl/N-ethyl adjacent to an activating group) is 1. The summed E-state index contributed by atoms with van der Waals surface area (Å²) in [7, 11) is -3.07. The van der Waals surface area contributed by atoms with E-state index in [0.29, 0.717) is 5.69 Å². The molecule has 0 aliphatic carbocycles. The van der Waals surface area contributed by atoms with Crippen LogP contribution in [-0.4, -0.2) is 66.7 Å². The number of aromatic nitrogens is 2. The zero-order valence-electron chi connectivity index (χ0n) is 22.6. The van der Waals surface area contributed by atoms with Crippen LogP contribution in [0.25, 0.3) is 16.9 Å². The Morgan fingerprint density at radius 3 is 2.42 bits per heavy atom. The number of hydrogen-bond donors (Lipinski definition) is 1. The van der Waals surface area contributed by atoms with Crippen molar-refractivity contribution in [2.75, 3.05) is 20.2 Å². The summed E-state index contributed by atoms with van der Waals surface area (Å²) in [6, 6.07) is 15.7. The Morgan fingerprint density at radius 1 is 1.15 bits per heavy atom. The van der Waals surface area contributed by atoms with Gasteiger partial charge in [-0.25, -0.2) is 22.6 Å². The topological polar surface area (TPSA) is 167 Å². The van der Waals surface area contributed by atoms with Crippen LogP contribution in [0, 0.1) is 19.1 Å². The Kier molecular flexibility index (Phi) is 9.66. The lowest BCUT2D eigenvalue weighted by atomic mass is 10.1. The largest absolute Gasteiger partial charge is 0.569 e. The molecule has 0 fully saturated rings. The maximum Gasteiger partial charge on any atom is 0.511 e. The third-order valence-corrected chi connectivity index (χ3v) is 6.66. The lowest BCUT2D eigenvalue weighted by Gasteiger charge is -2.14. The average molecular weight is 575 g/mol. The molecule has 1 N–H and O–H groups in total. The monoisotopic (exact) mass is 574 g/mol. The second-order valence-corrected chi connectivity index (χ2v) is 10.3. The molecule has 0 radical (unpaired) electrons. The van der Waals surface area contributed by atoms with E-state index in [1.54, 1.807) is 23.7 Å². The summed E-state index contributed by atoms with van der Waals surface area (Å²) in [5, 5.41) is 20.4. The van der Waals surface area contributed by atoms with E-state index < -0.39 is 34.9 Å². The normalized spacial score (nSPS) is 12.4. The van der Waals surface area contributed by atoms with Crippen molar-refractivity contribution in [2.45, 2.75) is 38.9 Å². The fraction of sp³-hybridized carbons (Fsp3) is 0.320. The van der Waals surface area contributed by atoms with Gasteiger partial charge < -0.3 is 14.7 Å². The lowest BCUT2D eigenvalue weighted by Crippen LogP contribution is -2.40. The summed E-state index contributed by atoms with van der Waals surface area (Å²) in [5.74, 6) is -0.997. The molecule has 0 saturated carbocycles. The number of rotatable bonds is 11. The summed E-state index contributed by atoms with van der Waals surface area (Å²) in [4.78, 5) is 28.0. The molecule has 0 saturated heterocycles. The van der Waals surface area contributed by atoms with Gasteiger partial charge in [0.2, 0.25) is 5.28 Å². The van der Waals surface area contributed by atoms with E-state index in [-0.39, 0.29) is 16.5 Å². The highest BCUT2D eigenvalue weighted by Gasteiger charge is 2.22. The number of sulfonamides is 1. The zero-order valence-corrected chi connectivity index (χ0v) is 23.4. The first kappa shape index (κ1) is 29.9. The molecule has 1 unspecified atom stereocenters. The third-order valence-electron chi connectivity index (χ3n) is 5.27. The Hall–Kier alpha value is -4.66. The second-order valence-electron chi connectivity index (χ2n) is 8.60. The molecule has 0 aliphatic heterocycles. The molecule has 3 rings (SSSR count). The minimum atomic E-state index is -4.25. The van der Waals surface area contributed by atoms with Crippen molar-refractivity contribution in [2.24, 2.45) is 5.28 Å². The minimum Gasteiger partial charge on any atom is -0.569 e. The first-order chi connectivity index (χ1) is 18.9. The highest BCUT2D eigenvalue weighted by Crippen LogP contribution is 2.25. The predicted molar refractivity (Wildman–Crippen MR) is 141 cm³/mol. The molecular weight excluding hydrogens is 544 g/mol. The quantitative estimate of drug-likeness (QED) is 0.118. The summed E-state index contributed by atoms with van der Waals surface area (Å²) in [6.07, 6.45) is -2.26. The standard InChI is InChI=1S/C25H30N6O8S/c1-6-37-25(33)38-19(4)39-28-31(34)29(5)16-24(32)27-40(35,36)22-13-11-21(12-14-22)30-23(15-18(3)26-30)20-9-7-17(2)8-10-20/h7-15,19H,6,16H2,1-5H3,(H,27,32)/b31-28-. The van der Waals surface area contributed by atoms with Crippen LogP contribution in [0.5, 0.6) is 0 Å². The van der Waals surface area contributed by atoms with Crippen LogP contribution in [-0.2, 0) is 29.1 Å². The number of aryl methyl sites for hydroxylation is 2. The van der Waals surface area contributed by atoms with Gasteiger partial charge in [0.25, 0.3) is 22.2 Å². The molecular formula is C25H30N6O8S. The number of ether oxygens (including phenoxy) is 2. The highest BCUT2D eigenvalue weighted by atomic mass is 32.2. The first-order valence-corrected chi connectivity index (χ1v) is 13.6. The molecule has 15 heteroatoms. The molecule has 0 spiro atoms. The van der Waals surface area contributed by atoms with Gasteiger partial charge in [0.05, 0.1) is 40.6 Å². The van der Waals surface area contributed by atoms with Gasteiger partial charge in [-0.05, 0) is 51.1 Å². The molecule has 40 heavy (non-hydrogen) atoms. The first-order valence-electron chi connectivity index (χ1n) is 12.1. The molecule has 214 valence electrons. The number of nitrogens with zero attached hydrogens (tertiary/aromatic N) is 5. The van der Waals surface area contributed by atoms with Gasteiger partial charge in [-0.3, -0.25) is 9.63 Å². The summed E-state index contributed by atoms with van der Waals surface area (Å²) < 4.78 is 38.4. The van der Waals surface area contributed by atoms with Gasteiger partial charge in [-0.2, -0.15) is 5.10 Å². The minimum absolute atomic E-state index is 0.0836. The fourth-order valence-electron chi connectivity index (χ4n) is 3.38. The SMILES string of the molecule is CCOC(=O)OC(C)O/N=[N+](\[O-])N(C)CC(=O)NS(=O)(=O)c1ccc(-n2nc(C)cc2-c2ccc(C)cc2)cc1. The van der Waals surface area contributed by atoms with Crippen LogP contribution < -0.4 is 4.72 Å². The molecule has 1 aromatic heterocycles. The number of carbonyl (C=O) groups excluding carboxylic acids is 2. The molecule has 1 amide bonds. The third kappa shape index (κ3) is 7.92. The van der Waals surface area contributed by atoms with Crippen molar-refractivity contribution in [1.29, 1.82) is 0 Å². The van der Waals surface area contributed by atoms with Crippen LogP contribution >= 0.6 is 0 Å². The molecule has 2 aromatic carbocycles. The molecule has 0 bridgehead atoms. The van der Waals surface area contributed by atoms with E-state index in [1.807, 2.05) is 48.9 Å². The lowest BCUT2D eigenvalue weighted by molar-refractivity contribution is -0.705. The van der Waals surface area contributed by atoms with Crippen LogP contribution in [0.2, 0.25) is 0 Å². The van der Waals surface area contributed by atoms with Crippen molar-refractivity contribution < 1.29 is 37.3 Å². The van der Waals surface area contributed by atoms with Gasteiger partial charge in [0.1, 0.15) is 0 Å². The van der Waals surface area contributed by atoms with Crippen molar-refractivity contribution >= 4 is 22.1 Å². The van der Waals surface area contributed by atoms with Gasteiger partial charge >= 0.3 is 6.16 Å². The number of carbonyl (C=O) groups is 2. The van der Waals surface area contributed by atoms with Crippen molar-refractivity contribution in [3.63, 3.8) is 0 Å². The van der Waals surface area contributed by atoms with E-state index in [2.05, 4.69) is 19.8 Å². The predicted octanol–water partition coefficient (Wildman–Crippen LogP) is 3.22. The maximum absolute atomic E-state index is 12.8. The van der Waals surface area contributed by atoms with E-state index in [4.69, 9.17) is 4.84 Å². The Balaban J connectivity index is 1.64. The Bertz CT molecular complexity index is 1470. The average Bonchev–Trinajstić information content (AvgIpc) is 3.29. The van der Waals surface area contributed by atoms with E-state index in [1.165, 1.54) is 26.1 Å². The van der Waals surface area contributed by atoms with Crippen LogP contribution in [0.3, 0.4) is 0 Å². The number of hydrazine groups is 1. The van der Waals surface area contributed by atoms with E-state index >= 15 is 0 Å². The summed E-state index contributed by atoms with van der Waals surface area (Å²) >= 11 is 0. The van der Waals surface area contributed by atoms with Gasteiger partial charge in [-0.1, -0.05) is 29.8 Å². The molecule has 1 atom stereocenters. The van der Waals surface area contributed by atoms with Gasteiger partial charge in [0.15, 0.2) is 6.54 Å². The smallest absolute Gasteiger partial charge is 0.511 e. The van der Waals surface area contributed by atoms with Gasteiger partial charge in [0, 0.05) is 12.5 Å². The molecule has 3 aromatic rings. The second kappa shape index (κ2) is 12.9. The van der Waals surface area contributed by atoms with Crippen molar-refractivity contribution in [1.82, 2.24) is 19.5 Å². The number of nitrogens with one attached hydrogen (secondary N) is 1. The Labute approximate surface area is 231 Å². The number of amides is 1. The van der Waals surface area contributed by atoms with Crippen LogP contribution in [0.1, 0.15) is 25.1 Å². The van der Waals surface area contributed by atoms with E-state index in [9.17, 15) is 23.2 Å². The van der Waals surface area contributed by atoms with Gasteiger partial charge in [-0.15, -0.1) is 5.01 Å². The molecule has 14 nitrogen and oxygen atoms in total. The van der Waals surface area contributed by atoms with Crippen molar-refractivity contribution in [3.05, 3.63) is 71.1 Å². The van der Waals surface area contributed by atoms with Crippen LogP contribution in [0.15, 0.2) is 64.8 Å². The Morgan fingerprint density at radius 2 is 1.80 bits per heavy atom. The van der Waals surface area contributed by atoms with Crippen LogP contribution in [0.4, 0.5) is 4.79 Å². The number of hydrogen-bond acceptors (Lipinski definition) is 10. The maximum atomic E-state index is 12.8. The summed E-state index contributed by atoms with van der Waals surface area (Å²) in [6.45, 7) is 6.13. The van der Waals surface area contributed by atoms with Crippen molar-refractivity contribution in [3.8, 4) is 16.9 Å².